The Morgan fingerprint density at radius 1 is 1.56 bits per heavy atom. The highest BCUT2D eigenvalue weighted by Crippen LogP contribution is 2.27. The number of carboxylic acid groups (broad SMARTS) is 1. The van der Waals surface area contributed by atoms with Crippen LogP contribution < -0.4 is 5.73 Å². The molecule has 0 spiro atoms. The molecule has 0 saturated heterocycles. The van der Waals surface area contributed by atoms with E-state index in [1.54, 1.807) is 13.0 Å². The van der Waals surface area contributed by atoms with Crippen LogP contribution in [0, 0.1) is 11.2 Å². The first-order valence-electron chi connectivity index (χ1n) is 5.16. The van der Waals surface area contributed by atoms with Gasteiger partial charge in [-0.15, -0.1) is 0 Å². The number of nitrogens with two attached hydrogens (primary N) is 1. The molecule has 0 bridgehead atoms. The van der Waals surface area contributed by atoms with Crippen LogP contribution in [0.2, 0.25) is 0 Å². The lowest BCUT2D eigenvalue weighted by atomic mass is 9.81. The van der Waals surface area contributed by atoms with Crippen molar-refractivity contribution in [1.29, 1.82) is 0 Å². The molecule has 0 radical (unpaired) electrons. The van der Waals surface area contributed by atoms with Gasteiger partial charge in [0.2, 0.25) is 0 Å². The molecule has 1 aromatic carbocycles. The van der Waals surface area contributed by atoms with E-state index in [2.05, 4.69) is 0 Å². The lowest BCUT2D eigenvalue weighted by molar-refractivity contribution is -0.148. The molecule has 4 heteroatoms. The van der Waals surface area contributed by atoms with Crippen LogP contribution >= 0.6 is 0 Å². The lowest BCUT2D eigenvalue weighted by Crippen LogP contribution is -2.29. The van der Waals surface area contributed by atoms with E-state index < -0.39 is 17.2 Å². The number of anilines is 1. The summed E-state index contributed by atoms with van der Waals surface area (Å²) in [4.78, 5) is 11.1. The fourth-order valence-corrected chi connectivity index (χ4v) is 1.51. The molecule has 0 aliphatic rings. The maximum atomic E-state index is 12.9. The van der Waals surface area contributed by atoms with Crippen molar-refractivity contribution in [2.75, 3.05) is 5.73 Å². The summed E-state index contributed by atoms with van der Waals surface area (Å²) in [6.45, 7) is 3.50. The van der Waals surface area contributed by atoms with Crippen molar-refractivity contribution in [3.63, 3.8) is 0 Å². The first-order valence-corrected chi connectivity index (χ1v) is 5.16. The smallest absolute Gasteiger partial charge is 0.309 e. The molecule has 0 saturated carbocycles. The predicted octanol–water partition coefficient (Wildman–Crippen LogP) is 2.45. The Bertz CT molecular complexity index is 406. The van der Waals surface area contributed by atoms with Crippen molar-refractivity contribution in [2.45, 2.75) is 26.7 Å². The first kappa shape index (κ1) is 12.5. The fraction of sp³-hybridized carbons (Fsp3) is 0.417. The van der Waals surface area contributed by atoms with Gasteiger partial charge in [0.25, 0.3) is 0 Å². The molecule has 0 amide bonds. The number of rotatable bonds is 4. The van der Waals surface area contributed by atoms with Crippen molar-refractivity contribution >= 4 is 11.7 Å². The molecular formula is C12H16FNO2. The number of benzene rings is 1. The molecule has 0 fully saturated rings. The zero-order chi connectivity index (χ0) is 12.3. The van der Waals surface area contributed by atoms with Crippen LogP contribution in [0.5, 0.6) is 0 Å². The molecule has 1 atom stereocenters. The van der Waals surface area contributed by atoms with E-state index in [-0.39, 0.29) is 5.69 Å². The average Bonchev–Trinajstić information content (AvgIpc) is 2.23. The van der Waals surface area contributed by atoms with Crippen LogP contribution in [0.25, 0.3) is 0 Å². The highest BCUT2D eigenvalue weighted by atomic mass is 19.1. The number of nitrogen functional groups attached to an aromatic ring is 1. The quantitative estimate of drug-likeness (QED) is 0.773. The van der Waals surface area contributed by atoms with Gasteiger partial charge >= 0.3 is 5.97 Å². The van der Waals surface area contributed by atoms with E-state index >= 15 is 0 Å². The van der Waals surface area contributed by atoms with E-state index in [1.165, 1.54) is 12.1 Å². The Balaban J connectivity index is 2.95. The Labute approximate surface area is 94.1 Å². The lowest BCUT2D eigenvalue weighted by Gasteiger charge is -2.23. The van der Waals surface area contributed by atoms with Crippen LogP contribution in [0.3, 0.4) is 0 Å². The van der Waals surface area contributed by atoms with Gasteiger partial charge in [-0.25, -0.2) is 4.39 Å². The van der Waals surface area contributed by atoms with Crippen molar-refractivity contribution < 1.29 is 14.3 Å². The van der Waals surface area contributed by atoms with Crippen LogP contribution in [-0.2, 0) is 11.2 Å². The highest BCUT2D eigenvalue weighted by Gasteiger charge is 2.31. The summed E-state index contributed by atoms with van der Waals surface area (Å²) in [5, 5.41) is 9.11. The van der Waals surface area contributed by atoms with E-state index in [0.29, 0.717) is 12.8 Å². The molecule has 3 nitrogen and oxygen atoms in total. The van der Waals surface area contributed by atoms with Crippen LogP contribution in [-0.4, -0.2) is 11.1 Å². The van der Waals surface area contributed by atoms with Gasteiger partial charge < -0.3 is 10.8 Å². The number of hydrogen-bond donors (Lipinski definition) is 2. The summed E-state index contributed by atoms with van der Waals surface area (Å²) < 4.78 is 12.9. The van der Waals surface area contributed by atoms with Gasteiger partial charge in [-0.2, -0.15) is 0 Å². The number of hydrogen-bond acceptors (Lipinski definition) is 2. The number of carboxylic acids is 1. The molecule has 0 heterocycles. The topological polar surface area (TPSA) is 63.3 Å². The van der Waals surface area contributed by atoms with Gasteiger partial charge in [-0.1, -0.05) is 13.0 Å². The van der Waals surface area contributed by atoms with Gasteiger partial charge in [0.1, 0.15) is 5.82 Å². The molecule has 0 aliphatic heterocycles. The normalized spacial score (nSPS) is 14.4. The predicted molar refractivity (Wildman–Crippen MR) is 60.6 cm³/mol. The molecule has 1 aromatic rings. The summed E-state index contributed by atoms with van der Waals surface area (Å²) in [5.74, 6) is -1.32. The van der Waals surface area contributed by atoms with Crippen molar-refractivity contribution in [3.8, 4) is 0 Å². The second kappa shape index (κ2) is 4.51. The third-order valence-corrected chi connectivity index (χ3v) is 2.95. The minimum absolute atomic E-state index is 0.0568. The zero-order valence-electron chi connectivity index (χ0n) is 9.46. The molecule has 0 aliphatic carbocycles. The van der Waals surface area contributed by atoms with Crippen LogP contribution in [0.1, 0.15) is 25.8 Å². The van der Waals surface area contributed by atoms with E-state index in [9.17, 15) is 9.18 Å². The molecule has 88 valence electrons. The van der Waals surface area contributed by atoms with Crippen molar-refractivity contribution in [3.05, 3.63) is 29.6 Å². The summed E-state index contributed by atoms with van der Waals surface area (Å²) in [7, 11) is 0. The monoisotopic (exact) mass is 225 g/mol. The van der Waals surface area contributed by atoms with E-state index in [0.717, 1.165) is 5.56 Å². The van der Waals surface area contributed by atoms with Gasteiger partial charge in [0.15, 0.2) is 0 Å². The second-order valence-electron chi connectivity index (χ2n) is 4.25. The van der Waals surface area contributed by atoms with Gasteiger partial charge in [-0.05, 0) is 37.5 Å². The van der Waals surface area contributed by atoms with E-state index in [1.807, 2.05) is 6.92 Å². The summed E-state index contributed by atoms with van der Waals surface area (Å²) in [5.41, 5.74) is 5.40. The molecule has 3 N–H and O–H groups in total. The Morgan fingerprint density at radius 2 is 2.19 bits per heavy atom. The Morgan fingerprint density at radius 3 is 2.62 bits per heavy atom. The van der Waals surface area contributed by atoms with Crippen molar-refractivity contribution in [2.24, 2.45) is 5.41 Å². The van der Waals surface area contributed by atoms with Crippen LogP contribution in [0.15, 0.2) is 18.2 Å². The largest absolute Gasteiger partial charge is 0.481 e. The zero-order valence-corrected chi connectivity index (χ0v) is 9.46. The summed E-state index contributed by atoms with van der Waals surface area (Å²) in [6.07, 6.45) is 0.864. The fourth-order valence-electron chi connectivity index (χ4n) is 1.51. The third-order valence-electron chi connectivity index (χ3n) is 2.95. The molecule has 1 rings (SSSR count). The summed E-state index contributed by atoms with van der Waals surface area (Å²) in [6, 6.07) is 4.33. The van der Waals surface area contributed by atoms with E-state index in [4.69, 9.17) is 10.8 Å². The average molecular weight is 225 g/mol. The molecular weight excluding hydrogens is 209 g/mol. The summed E-state index contributed by atoms with van der Waals surface area (Å²) >= 11 is 0. The maximum absolute atomic E-state index is 12.9. The molecule has 0 unspecified atom stereocenters. The second-order valence-corrected chi connectivity index (χ2v) is 4.25. The number of aliphatic carboxylic acids is 1. The first-order chi connectivity index (χ1) is 7.39. The number of carbonyl (C=O) groups is 1. The highest BCUT2D eigenvalue weighted by molar-refractivity contribution is 5.74. The molecule has 0 aromatic heterocycles. The Kier molecular flexibility index (Phi) is 3.52. The van der Waals surface area contributed by atoms with Gasteiger partial charge in [0, 0.05) is 0 Å². The Hall–Kier alpha value is -1.58. The standard InChI is InChI=1S/C12H16FNO2/c1-3-12(2,11(15)16)7-8-4-5-9(13)10(14)6-8/h4-6H,3,7,14H2,1-2H3,(H,15,16)/t12-/m1/s1. The van der Waals surface area contributed by atoms with Gasteiger partial charge in [0.05, 0.1) is 11.1 Å². The SMILES string of the molecule is CC[C@](C)(Cc1ccc(F)c(N)c1)C(=O)O. The maximum Gasteiger partial charge on any atom is 0.309 e. The number of halogens is 1. The minimum atomic E-state index is -0.849. The van der Waals surface area contributed by atoms with Gasteiger partial charge in [-0.3, -0.25) is 4.79 Å². The minimum Gasteiger partial charge on any atom is -0.481 e. The van der Waals surface area contributed by atoms with Crippen LogP contribution in [0.4, 0.5) is 10.1 Å². The third kappa shape index (κ3) is 2.51. The molecule has 16 heavy (non-hydrogen) atoms. The van der Waals surface area contributed by atoms with Crippen molar-refractivity contribution in [1.82, 2.24) is 0 Å².